The number of amides is 1. The molecule has 2 heterocycles. The molecule has 2 aromatic carbocycles. The topological polar surface area (TPSA) is 59.0 Å². The molecule has 2 N–H and O–H groups in total. The van der Waals surface area contributed by atoms with Gasteiger partial charge in [0.2, 0.25) is 0 Å². The molecule has 5 nitrogen and oxygen atoms in total. The van der Waals surface area contributed by atoms with Crippen LogP contribution in [0.15, 0.2) is 54.7 Å². The molecule has 152 valence electrons. The van der Waals surface area contributed by atoms with Crippen LogP contribution in [0.3, 0.4) is 0 Å². The first-order valence-electron chi connectivity index (χ1n) is 9.24. The van der Waals surface area contributed by atoms with Gasteiger partial charge in [0.25, 0.3) is 5.91 Å². The van der Waals surface area contributed by atoms with E-state index in [4.69, 9.17) is 0 Å². The highest BCUT2D eigenvalue weighted by molar-refractivity contribution is 6.05. The van der Waals surface area contributed by atoms with Gasteiger partial charge in [-0.2, -0.15) is 5.10 Å². The van der Waals surface area contributed by atoms with E-state index >= 15 is 0 Å². The van der Waals surface area contributed by atoms with Gasteiger partial charge in [-0.3, -0.25) is 4.79 Å². The van der Waals surface area contributed by atoms with Gasteiger partial charge in [-0.05, 0) is 62.3 Å². The number of carbonyl (C=O) groups is 1. The number of nitrogens with zero attached hydrogens (tertiary/aromatic N) is 2. The molecule has 0 bridgehead atoms. The molecule has 1 aliphatic rings. The van der Waals surface area contributed by atoms with Crippen LogP contribution >= 0.6 is 12.4 Å². The molecule has 1 aromatic heterocycles. The van der Waals surface area contributed by atoms with Crippen molar-refractivity contribution in [1.29, 1.82) is 0 Å². The Balaban J connectivity index is 0.00000240. The number of halogens is 3. The van der Waals surface area contributed by atoms with Crippen LogP contribution in [0.5, 0.6) is 0 Å². The lowest BCUT2D eigenvalue weighted by molar-refractivity contribution is 0.102. The number of nitrogens with one attached hydrogen (secondary N) is 2. The normalized spacial score (nSPS) is 14.3. The molecule has 4 rings (SSSR count). The van der Waals surface area contributed by atoms with Gasteiger partial charge in [0, 0.05) is 5.92 Å². The van der Waals surface area contributed by atoms with E-state index in [1.807, 2.05) is 0 Å². The minimum absolute atomic E-state index is 0. The Labute approximate surface area is 173 Å². The van der Waals surface area contributed by atoms with Crippen LogP contribution in [0, 0.1) is 11.6 Å². The van der Waals surface area contributed by atoms with Gasteiger partial charge in [-0.15, -0.1) is 12.4 Å². The first-order valence-corrected chi connectivity index (χ1v) is 9.24. The second kappa shape index (κ2) is 9.15. The number of benzene rings is 2. The predicted molar refractivity (Wildman–Crippen MR) is 110 cm³/mol. The molecule has 0 atom stereocenters. The third-order valence-corrected chi connectivity index (χ3v) is 4.97. The standard InChI is InChI=1S/C21H20F2N4O.ClH/c22-15-5-7-16(8-6-15)27-20(14-9-11-24-12-10-14)17(13-25-27)21(28)26-19-4-2-1-3-18(19)23;/h1-8,13-14,24H,9-12H2,(H,26,28);1H. The van der Waals surface area contributed by atoms with E-state index in [-0.39, 0.29) is 29.8 Å². The van der Waals surface area contributed by atoms with Gasteiger partial charge in [0.1, 0.15) is 11.6 Å². The summed E-state index contributed by atoms with van der Waals surface area (Å²) in [6.07, 6.45) is 3.20. The van der Waals surface area contributed by atoms with Crippen molar-refractivity contribution >= 4 is 24.0 Å². The summed E-state index contributed by atoms with van der Waals surface area (Å²) in [5.74, 6) is -1.12. The summed E-state index contributed by atoms with van der Waals surface area (Å²) in [6, 6.07) is 12.0. The maximum absolute atomic E-state index is 13.9. The Morgan fingerprint density at radius 3 is 2.45 bits per heavy atom. The van der Waals surface area contributed by atoms with Gasteiger partial charge in [0.05, 0.1) is 28.8 Å². The third kappa shape index (κ3) is 4.46. The van der Waals surface area contributed by atoms with Gasteiger partial charge >= 0.3 is 0 Å². The maximum atomic E-state index is 13.9. The summed E-state index contributed by atoms with van der Waals surface area (Å²) >= 11 is 0. The number of hydrogen-bond donors (Lipinski definition) is 2. The highest BCUT2D eigenvalue weighted by atomic mass is 35.5. The van der Waals surface area contributed by atoms with Crippen LogP contribution in [0.1, 0.15) is 34.8 Å². The number of piperidine rings is 1. The number of anilines is 1. The second-order valence-electron chi connectivity index (χ2n) is 6.79. The van der Waals surface area contributed by atoms with Crippen molar-refractivity contribution in [2.24, 2.45) is 0 Å². The summed E-state index contributed by atoms with van der Waals surface area (Å²) in [5, 5.41) is 10.3. The molecule has 0 saturated carbocycles. The second-order valence-corrected chi connectivity index (χ2v) is 6.79. The minimum Gasteiger partial charge on any atom is -0.319 e. The van der Waals surface area contributed by atoms with Crippen molar-refractivity contribution < 1.29 is 13.6 Å². The van der Waals surface area contributed by atoms with Gasteiger partial charge < -0.3 is 10.6 Å². The average molecular weight is 419 g/mol. The largest absolute Gasteiger partial charge is 0.319 e. The van der Waals surface area contributed by atoms with Crippen molar-refractivity contribution in [3.8, 4) is 5.69 Å². The Morgan fingerprint density at radius 2 is 1.76 bits per heavy atom. The highest BCUT2D eigenvalue weighted by Gasteiger charge is 2.27. The maximum Gasteiger partial charge on any atom is 0.259 e. The van der Waals surface area contributed by atoms with E-state index in [0.29, 0.717) is 11.3 Å². The highest BCUT2D eigenvalue weighted by Crippen LogP contribution is 2.31. The zero-order valence-electron chi connectivity index (χ0n) is 15.6. The van der Waals surface area contributed by atoms with Gasteiger partial charge in [0.15, 0.2) is 0 Å². The Bertz CT molecular complexity index is 985. The number of carbonyl (C=O) groups excluding carboxylic acids is 1. The summed E-state index contributed by atoms with van der Waals surface area (Å²) in [7, 11) is 0. The smallest absolute Gasteiger partial charge is 0.259 e. The van der Waals surface area contributed by atoms with E-state index in [2.05, 4.69) is 15.7 Å². The predicted octanol–water partition coefficient (Wildman–Crippen LogP) is 4.29. The molecule has 0 spiro atoms. The van der Waals surface area contributed by atoms with Crippen molar-refractivity contribution in [3.05, 3.63) is 77.6 Å². The monoisotopic (exact) mass is 418 g/mol. The lowest BCUT2D eigenvalue weighted by atomic mass is 9.91. The van der Waals surface area contributed by atoms with Crippen molar-refractivity contribution in [2.75, 3.05) is 18.4 Å². The SMILES string of the molecule is Cl.O=C(Nc1ccccc1F)c1cnn(-c2ccc(F)cc2)c1C1CCNCC1. The molecular formula is C21H21ClF2N4O. The van der Waals surface area contributed by atoms with Crippen LogP contribution in [0.4, 0.5) is 14.5 Å². The quantitative estimate of drug-likeness (QED) is 0.664. The number of aromatic nitrogens is 2. The van der Waals surface area contributed by atoms with E-state index in [9.17, 15) is 13.6 Å². The minimum atomic E-state index is -0.495. The number of rotatable bonds is 4. The van der Waals surface area contributed by atoms with E-state index in [1.165, 1.54) is 30.5 Å². The fourth-order valence-electron chi connectivity index (χ4n) is 3.56. The molecule has 1 amide bonds. The molecule has 3 aromatic rings. The Morgan fingerprint density at radius 1 is 1.07 bits per heavy atom. The fourth-order valence-corrected chi connectivity index (χ4v) is 3.56. The molecule has 1 aliphatic heterocycles. The molecule has 0 unspecified atom stereocenters. The summed E-state index contributed by atoms with van der Waals surface area (Å²) in [4.78, 5) is 12.9. The summed E-state index contributed by atoms with van der Waals surface area (Å²) in [5.41, 5.74) is 1.97. The van der Waals surface area contributed by atoms with Crippen LogP contribution < -0.4 is 10.6 Å². The molecule has 8 heteroatoms. The van der Waals surface area contributed by atoms with E-state index < -0.39 is 11.7 Å². The van der Waals surface area contributed by atoms with Crippen molar-refractivity contribution in [3.63, 3.8) is 0 Å². The Kier molecular flexibility index (Phi) is 6.61. The lowest BCUT2D eigenvalue weighted by Crippen LogP contribution is -2.29. The molecule has 0 radical (unpaired) electrons. The Hall–Kier alpha value is -2.77. The first-order chi connectivity index (χ1) is 13.6. The van der Waals surface area contributed by atoms with Crippen molar-refractivity contribution in [1.82, 2.24) is 15.1 Å². The zero-order valence-corrected chi connectivity index (χ0v) is 16.4. The molecule has 29 heavy (non-hydrogen) atoms. The van der Waals surface area contributed by atoms with Crippen LogP contribution in [-0.2, 0) is 0 Å². The molecule has 0 aliphatic carbocycles. The van der Waals surface area contributed by atoms with Gasteiger partial charge in [-0.25, -0.2) is 13.5 Å². The molecule has 1 fully saturated rings. The van der Waals surface area contributed by atoms with Crippen LogP contribution in [0.2, 0.25) is 0 Å². The zero-order chi connectivity index (χ0) is 19.5. The van der Waals surface area contributed by atoms with Crippen LogP contribution in [-0.4, -0.2) is 28.8 Å². The lowest BCUT2D eigenvalue weighted by Gasteiger charge is -2.24. The number of para-hydroxylation sites is 1. The fraction of sp³-hybridized carbons (Fsp3) is 0.238. The van der Waals surface area contributed by atoms with E-state index in [1.54, 1.807) is 28.9 Å². The average Bonchev–Trinajstić information content (AvgIpc) is 3.16. The molecule has 1 saturated heterocycles. The summed E-state index contributed by atoms with van der Waals surface area (Å²) < 4.78 is 29.0. The molecular weight excluding hydrogens is 398 g/mol. The first kappa shape index (κ1) is 21.0. The van der Waals surface area contributed by atoms with E-state index in [0.717, 1.165) is 31.6 Å². The summed E-state index contributed by atoms with van der Waals surface area (Å²) in [6.45, 7) is 1.68. The number of hydrogen-bond acceptors (Lipinski definition) is 3. The van der Waals surface area contributed by atoms with Gasteiger partial charge in [-0.1, -0.05) is 12.1 Å². The third-order valence-electron chi connectivity index (χ3n) is 4.97. The van der Waals surface area contributed by atoms with Crippen LogP contribution in [0.25, 0.3) is 5.69 Å². The van der Waals surface area contributed by atoms with Crippen molar-refractivity contribution in [2.45, 2.75) is 18.8 Å².